The van der Waals surface area contributed by atoms with Crippen molar-refractivity contribution in [3.05, 3.63) is 59.2 Å². The van der Waals surface area contributed by atoms with Gasteiger partial charge in [0.2, 0.25) is 0 Å². The number of esters is 1. The van der Waals surface area contributed by atoms with Crippen molar-refractivity contribution in [3.63, 3.8) is 0 Å². The van der Waals surface area contributed by atoms with E-state index in [1.54, 1.807) is 19.1 Å². The zero-order valence-electron chi connectivity index (χ0n) is 16.2. The SMILES string of the molecule is CCOC(=O)c1nc(-c2ccc(N3CCSCC3)cc2)[nH]c1-c1ccc(Cl)cc1. The van der Waals surface area contributed by atoms with Crippen LogP contribution in [0.2, 0.25) is 5.02 Å². The fraction of sp³-hybridized carbons (Fsp3) is 0.273. The number of nitrogens with zero attached hydrogens (tertiary/aromatic N) is 2. The number of imidazole rings is 1. The third-order valence-electron chi connectivity index (χ3n) is 4.82. The average Bonchev–Trinajstić information content (AvgIpc) is 3.21. The van der Waals surface area contributed by atoms with E-state index in [4.69, 9.17) is 16.3 Å². The molecule has 0 spiro atoms. The standard InChI is InChI=1S/C22H22ClN3O2S/c1-2-28-22(27)20-19(15-3-7-17(23)8-4-15)24-21(25-20)16-5-9-18(10-6-16)26-11-13-29-14-12-26/h3-10H,2,11-14H2,1H3,(H,24,25). The summed E-state index contributed by atoms with van der Waals surface area (Å²) in [6, 6.07) is 15.6. The van der Waals surface area contributed by atoms with Crippen molar-refractivity contribution < 1.29 is 9.53 Å². The summed E-state index contributed by atoms with van der Waals surface area (Å²) in [5.74, 6) is 2.52. The van der Waals surface area contributed by atoms with Gasteiger partial charge < -0.3 is 14.6 Å². The zero-order valence-corrected chi connectivity index (χ0v) is 17.7. The number of H-pyrrole nitrogens is 1. The predicted octanol–water partition coefficient (Wildman–Crippen LogP) is 5.13. The van der Waals surface area contributed by atoms with E-state index >= 15 is 0 Å². The fourth-order valence-corrected chi connectivity index (χ4v) is 4.36. The summed E-state index contributed by atoms with van der Waals surface area (Å²) < 4.78 is 5.21. The van der Waals surface area contributed by atoms with Gasteiger partial charge in [-0.1, -0.05) is 23.7 Å². The first kappa shape index (κ1) is 19.9. The van der Waals surface area contributed by atoms with Crippen molar-refractivity contribution in [2.45, 2.75) is 6.92 Å². The zero-order chi connectivity index (χ0) is 20.2. The highest BCUT2D eigenvalue weighted by molar-refractivity contribution is 7.99. The minimum Gasteiger partial charge on any atom is -0.461 e. The van der Waals surface area contributed by atoms with Gasteiger partial charge >= 0.3 is 5.97 Å². The Bertz CT molecular complexity index is 980. The minimum atomic E-state index is -0.442. The van der Waals surface area contributed by atoms with Crippen LogP contribution in [-0.2, 0) is 4.74 Å². The lowest BCUT2D eigenvalue weighted by Crippen LogP contribution is -2.32. The van der Waals surface area contributed by atoms with E-state index in [0.29, 0.717) is 23.1 Å². The number of carbonyl (C=O) groups excluding carboxylic acids is 1. The number of nitrogens with one attached hydrogen (secondary N) is 1. The normalized spacial score (nSPS) is 14.1. The molecule has 29 heavy (non-hydrogen) atoms. The molecule has 0 unspecified atom stereocenters. The van der Waals surface area contributed by atoms with Crippen LogP contribution in [0.3, 0.4) is 0 Å². The predicted molar refractivity (Wildman–Crippen MR) is 120 cm³/mol. The summed E-state index contributed by atoms with van der Waals surface area (Å²) in [6.07, 6.45) is 0. The number of anilines is 1. The van der Waals surface area contributed by atoms with E-state index < -0.39 is 5.97 Å². The molecular weight excluding hydrogens is 406 g/mol. The van der Waals surface area contributed by atoms with E-state index in [1.807, 2.05) is 36.0 Å². The molecule has 4 rings (SSSR count). The highest BCUT2D eigenvalue weighted by Gasteiger charge is 2.21. The third-order valence-corrected chi connectivity index (χ3v) is 6.02. The number of benzene rings is 2. The third kappa shape index (κ3) is 4.43. The molecule has 0 amide bonds. The molecule has 2 heterocycles. The number of aromatic amines is 1. The van der Waals surface area contributed by atoms with Crippen molar-refractivity contribution in [2.24, 2.45) is 0 Å². The molecule has 1 aliphatic heterocycles. The Morgan fingerprint density at radius 1 is 1.10 bits per heavy atom. The minimum absolute atomic E-state index is 0.279. The molecule has 7 heteroatoms. The van der Waals surface area contributed by atoms with E-state index in [0.717, 1.165) is 35.7 Å². The van der Waals surface area contributed by atoms with E-state index in [1.165, 1.54) is 5.69 Å². The lowest BCUT2D eigenvalue weighted by Gasteiger charge is -2.28. The molecule has 1 aliphatic rings. The Morgan fingerprint density at radius 2 is 1.76 bits per heavy atom. The topological polar surface area (TPSA) is 58.2 Å². The Hall–Kier alpha value is -2.44. The second kappa shape index (κ2) is 8.93. The largest absolute Gasteiger partial charge is 0.461 e. The summed E-state index contributed by atoms with van der Waals surface area (Å²) in [5.41, 5.74) is 3.88. The highest BCUT2D eigenvalue weighted by atomic mass is 35.5. The number of hydrogen-bond donors (Lipinski definition) is 1. The van der Waals surface area contributed by atoms with Crippen LogP contribution in [0.5, 0.6) is 0 Å². The summed E-state index contributed by atoms with van der Waals surface area (Å²) >= 11 is 8.00. The number of hydrogen-bond acceptors (Lipinski definition) is 5. The molecule has 150 valence electrons. The molecular formula is C22H22ClN3O2S. The van der Waals surface area contributed by atoms with Gasteiger partial charge in [-0.15, -0.1) is 0 Å². The molecule has 0 bridgehead atoms. The van der Waals surface area contributed by atoms with Gasteiger partial charge in [-0.2, -0.15) is 11.8 Å². The van der Waals surface area contributed by atoms with Gasteiger partial charge in [-0.25, -0.2) is 9.78 Å². The van der Waals surface area contributed by atoms with Crippen LogP contribution in [0.25, 0.3) is 22.6 Å². The van der Waals surface area contributed by atoms with E-state index in [9.17, 15) is 4.79 Å². The van der Waals surface area contributed by atoms with Crippen molar-refractivity contribution >= 4 is 35.0 Å². The van der Waals surface area contributed by atoms with Crippen LogP contribution in [0, 0.1) is 0 Å². The molecule has 0 saturated carbocycles. The average molecular weight is 428 g/mol. The van der Waals surface area contributed by atoms with Crippen LogP contribution in [0.4, 0.5) is 5.69 Å². The van der Waals surface area contributed by atoms with Crippen molar-refractivity contribution in [2.75, 3.05) is 36.1 Å². The Kier molecular flexibility index (Phi) is 6.11. The van der Waals surface area contributed by atoms with Crippen molar-refractivity contribution in [3.8, 4) is 22.6 Å². The first-order chi connectivity index (χ1) is 14.2. The smallest absolute Gasteiger partial charge is 0.359 e. The van der Waals surface area contributed by atoms with Gasteiger partial charge in [0.25, 0.3) is 0 Å². The first-order valence-corrected chi connectivity index (χ1v) is 11.1. The molecule has 1 aromatic heterocycles. The second-order valence-corrected chi connectivity index (χ2v) is 8.34. The lowest BCUT2D eigenvalue weighted by atomic mass is 10.1. The van der Waals surface area contributed by atoms with Crippen molar-refractivity contribution in [1.29, 1.82) is 0 Å². The summed E-state index contributed by atoms with van der Waals surface area (Å²) in [7, 11) is 0. The fourth-order valence-electron chi connectivity index (χ4n) is 3.33. The van der Waals surface area contributed by atoms with Gasteiger partial charge in [0.05, 0.1) is 12.3 Å². The number of thioether (sulfide) groups is 1. The summed E-state index contributed by atoms with van der Waals surface area (Å²) in [4.78, 5) is 22.7. The van der Waals surface area contributed by atoms with Crippen LogP contribution >= 0.6 is 23.4 Å². The molecule has 5 nitrogen and oxygen atoms in total. The maximum absolute atomic E-state index is 12.5. The highest BCUT2D eigenvalue weighted by Crippen LogP contribution is 2.29. The monoisotopic (exact) mass is 427 g/mol. The van der Waals surface area contributed by atoms with Gasteiger partial charge in [-0.05, 0) is 43.3 Å². The number of aromatic nitrogens is 2. The van der Waals surface area contributed by atoms with Gasteiger partial charge in [-0.3, -0.25) is 0 Å². The van der Waals surface area contributed by atoms with Gasteiger partial charge in [0, 0.05) is 46.4 Å². The van der Waals surface area contributed by atoms with Crippen LogP contribution in [0.15, 0.2) is 48.5 Å². The molecule has 2 aromatic carbocycles. The number of ether oxygens (including phenoxy) is 1. The first-order valence-electron chi connectivity index (χ1n) is 9.62. The van der Waals surface area contributed by atoms with Crippen LogP contribution < -0.4 is 4.90 Å². The van der Waals surface area contributed by atoms with Gasteiger partial charge in [0.1, 0.15) is 5.82 Å². The Labute approximate surface area is 179 Å². The molecule has 3 aromatic rings. The van der Waals surface area contributed by atoms with Crippen LogP contribution in [0.1, 0.15) is 17.4 Å². The van der Waals surface area contributed by atoms with Gasteiger partial charge in [0.15, 0.2) is 5.69 Å². The molecule has 1 fully saturated rings. The molecule has 0 aliphatic carbocycles. The summed E-state index contributed by atoms with van der Waals surface area (Å²) in [5, 5.41) is 0.637. The summed E-state index contributed by atoms with van der Waals surface area (Å²) in [6.45, 7) is 4.21. The quantitative estimate of drug-likeness (QED) is 0.572. The van der Waals surface area contributed by atoms with Crippen molar-refractivity contribution in [1.82, 2.24) is 9.97 Å². The Morgan fingerprint density at radius 3 is 2.41 bits per heavy atom. The lowest BCUT2D eigenvalue weighted by molar-refractivity contribution is 0.0521. The van der Waals surface area contributed by atoms with E-state index in [2.05, 4.69) is 27.0 Å². The Balaban J connectivity index is 1.67. The maximum atomic E-state index is 12.5. The number of halogens is 1. The van der Waals surface area contributed by atoms with Crippen LogP contribution in [-0.4, -0.2) is 47.1 Å². The number of rotatable bonds is 5. The molecule has 1 saturated heterocycles. The van der Waals surface area contributed by atoms with E-state index in [-0.39, 0.29) is 5.69 Å². The maximum Gasteiger partial charge on any atom is 0.359 e. The molecule has 0 atom stereocenters. The second-order valence-electron chi connectivity index (χ2n) is 6.68. The number of carbonyl (C=O) groups is 1. The molecule has 0 radical (unpaired) electrons. The molecule has 1 N–H and O–H groups in total.